The average molecular weight is 425 g/mol. The van der Waals surface area contributed by atoms with Gasteiger partial charge in [0.05, 0.1) is 5.69 Å². The lowest BCUT2D eigenvalue weighted by atomic mass is 10.1. The fourth-order valence-electron chi connectivity index (χ4n) is 3.78. The minimum atomic E-state index is -0.0753. The number of carbonyl (C=O) groups is 2. The highest BCUT2D eigenvalue weighted by molar-refractivity contribution is 6.30. The molecule has 6 nitrogen and oxygen atoms in total. The third-order valence-electron chi connectivity index (χ3n) is 5.53. The van der Waals surface area contributed by atoms with Crippen LogP contribution in [0.1, 0.15) is 17.5 Å². The van der Waals surface area contributed by atoms with Crippen molar-refractivity contribution in [2.75, 3.05) is 31.2 Å². The predicted octanol–water partition coefficient (Wildman–Crippen LogP) is 3.12. The highest BCUT2D eigenvalue weighted by Crippen LogP contribution is 2.22. The fraction of sp³-hybridized carbons (Fsp3) is 0.304. The summed E-state index contributed by atoms with van der Waals surface area (Å²) in [6.45, 7) is 5.72. The summed E-state index contributed by atoms with van der Waals surface area (Å²) in [7, 11) is 0. The minimum Gasteiger partial charge on any atom is -0.335 e. The van der Waals surface area contributed by atoms with Crippen molar-refractivity contribution < 1.29 is 9.59 Å². The Morgan fingerprint density at radius 1 is 1.03 bits per heavy atom. The molecule has 0 atom stereocenters. The number of aryl methyl sites for hydroxylation is 1. The highest BCUT2D eigenvalue weighted by Gasteiger charge is 2.29. The molecule has 0 radical (unpaired) electrons. The Morgan fingerprint density at radius 3 is 2.43 bits per heavy atom. The highest BCUT2D eigenvalue weighted by atomic mass is 35.5. The number of halogens is 1. The number of hydrogen-bond acceptors (Lipinski definition) is 4. The standard InChI is InChI=1S/C23H25ClN4O2/c1-17-4-2-3-5-21(17)28-22(29)11-10-20(25-28)23(30)27-14-12-26(13-15-27)16-18-6-8-19(24)9-7-18/h2-10,25H,11-16H2,1H3. The topological polar surface area (TPSA) is 55.9 Å². The third-order valence-corrected chi connectivity index (χ3v) is 5.78. The van der Waals surface area contributed by atoms with Crippen LogP contribution in [0, 0.1) is 6.92 Å². The van der Waals surface area contributed by atoms with Crippen molar-refractivity contribution in [3.63, 3.8) is 0 Å². The number of rotatable bonds is 4. The number of para-hydroxylation sites is 1. The van der Waals surface area contributed by atoms with Crippen LogP contribution in [0.25, 0.3) is 0 Å². The van der Waals surface area contributed by atoms with E-state index < -0.39 is 0 Å². The molecule has 0 bridgehead atoms. The van der Waals surface area contributed by atoms with Crippen molar-refractivity contribution in [2.24, 2.45) is 0 Å². The first-order valence-corrected chi connectivity index (χ1v) is 10.5. The van der Waals surface area contributed by atoms with Crippen LogP contribution in [0.2, 0.25) is 5.02 Å². The van der Waals surface area contributed by atoms with Crippen LogP contribution in [0.4, 0.5) is 5.69 Å². The second-order valence-corrected chi connectivity index (χ2v) is 8.08. The van der Waals surface area contributed by atoms with Gasteiger partial charge in [0.1, 0.15) is 5.70 Å². The van der Waals surface area contributed by atoms with Crippen LogP contribution in [0.3, 0.4) is 0 Å². The van der Waals surface area contributed by atoms with E-state index in [4.69, 9.17) is 11.6 Å². The summed E-state index contributed by atoms with van der Waals surface area (Å²) in [6.07, 6.45) is 1.90. The number of benzene rings is 2. The summed E-state index contributed by atoms with van der Waals surface area (Å²) in [4.78, 5) is 29.6. The van der Waals surface area contributed by atoms with E-state index in [2.05, 4.69) is 10.3 Å². The maximum atomic E-state index is 13.0. The van der Waals surface area contributed by atoms with Gasteiger partial charge in [-0.3, -0.25) is 19.9 Å². The molecule has 30 heavy (non-hydrogen) atoms. The molecule has 0 spiro atoms. The molecule has 7 heteroatoms. The first-order chi connectivity index (χ1) is 14.5. The SMILES string of the molecule is Cc1ccccc1N1NC(C(=O)N2CCN(Cc3ccc(Cl)cc3)CC2)=CCC1=O. The molecule has 1 N–H and O–H groups in total. The van der Waals surface area contributed by atoms with Crippen LogP contribution < -0.4 is 10.4 Å². The van der Waals surface area contributed by atoms with Crippen molar-refractivity contribution in [3.05, 3.63) is 76.5 Å². The number of anilines is 1. The third kappa shape index (κ3) is 4.50. The number of carbonyl (C=O) groups excluding carboxylic acids is 2. The van der Waals surface area contributed by atoms with Crippen molar-refractivity contribution in [2.45, 2.75) is 19.9 Å². The zero-order valence-corrected chi connectivity index (χ0v) is 17.7. The molecular weight excluding hydrogens is 400 g/mol. The second kappa shape index (κ2) is 8.90. The Kier molecular flexibility index (Phi) is 6.06. The Labute approximate surface area is 181 Å². The monoisotopic (exact) mass is 424 g/mol. The van der Waals surface area contributed by atoms with E-state index in [0.717, 1.165) is 35.9 Å². The number of nitrogens with zero attached hydrogens (tertiary/aromatic N) is 3. The molecule has 156 valence electrons. The molecular formula is C23H25ClN4O2. The molecule has 0 aliphatic carbocycles. The van der Waals surface area contributed by atoms with Crippen LogP contribution in [-0.2, 0) is 16.1 Å². The van der Waals surface area contributed by atoms with Gasteiger partial charge >= 0.3 is 0 Å². The Morgan fingerprint density at radius 2 is 1.73 bits per heavy atom. The van der Waals surface area contributed by atoms with Gasteiger partial charge in [0.15, 0.2) is 0 Å². The van der Waals surface area contributed by atoms with Crippen LogP contribution in [-0.4, -0.2) is 47.8 Å². The van der Waals surface area contributed by atoms with Gasteiger partial charge < -0.3 is 4.90 Å². The molecule has 2 aliphatic rings. The molecule has 2 heterocycles. The molecule has 2 aliphatic heterocycles. The Balaban J connectivity index is 1.36. The molecule has 4 rings (SSSR count). The van der Waals surface area contributed by atoms with Crippen LogP contribution in [0.15, 0.2) is 60.3 Å². The first-order valence-electron chi connectivity index (χ1n) is 10.1. The molecule has 0 saturated carbocycles. The van der Waals surface area contributed by atoms with Gasteiger partial charge in [0.2, 0.25) is 5.91 Å². The molecule has 2 aromatic carbocycles. The van der Waals surface area contributed by atoms with E-state index in [9.17, 15) is 9.59 Å². The van der Waals surface area contributed by atoms with Gasteiger partial charge in [-0.05, 0) is 42.3 Å². The second-order valence-electron chi connectivity index (χ2n) is 7.64. The summed E-state index contributed by atoms with van der Waals surface area (Å²) in [5, 5.41) is 2.22. The summed E-state index contributed by atoms with van der Waals surface area (Å²) in [5.74, 6) is -0.138. The lowest BCUT2D eigenvalue weighted by Gasteiger charge is -2.37. The van der Waals surface area contributed by atoms with Gasteiger partial charge in [-0.1, -0.05) is 41.9 Å². The van der Waals surface area contributed by atoms with Crippen molar-refractivity contribution >= 4 is 29.1 Å². The summed E-state index contributed by atoms with van der Waals surface area (Å²) in [6, 6.07) is 15.5. The van der Waals surface area contributed by atoms with Gasteiger partial charge in [0, 0.05) is 44.2 Å². The van der Waals surface area contributed by atoms with Crippen molar-refractivity contribution in [1.82, 2.24) is 15.2 Å². The lowest BCUT2D eigenvalue weighted by molar-refractivity contribution is -0.129. The molecule has 1 saturated heterocycles. The molecule has 0 aromatic heterocycles. The maximum Gasteiger partial charge on any atom is 0.271 e. The number of piperazine rings is 1. The van der Waals surface area contributed by atoms with E-state index in [1.54, 1.807) is 6.08 Å². The Hall–Kier alpha value is -2.83. The molecule has 0 unspecified atom stereocenters. The number of hydrogen-bond donors (Lipinski definition) is 1. The maximum absolute atomic E-state index is 13.0. The number of nitrogens with one attached hydrogen (secondary N) is 1. The molecule has 2 amide bonds. The van der Waals surface area contributed by atoms with E-state index >= 15 is 0 Å². The fourth-order valence-corrected chi connectivity index (χ4v) is 3.91. The molecule has 2 aromatic rings. The van der Waals surface area contributed by atoms with E-state index in [1.807, 2.05) is 60.4 Å². The first kappa shape index (κ1) is 20.4. The predicted molar refractivity (Wildman–Crippen MR) is 118 cm³/mol. The lowest BCUT2D eigenvalue weighted by Crippen LogP contribution is -2.53. The number of hydrazine groups is 1. The van der Waals surface area contributed by atoms with Gasteiger partial charge in [0.25, 0.3) is 5.91 Å². The van der Waals surface area contributed by atoms with E-state index in [-0.39, 0.29) is 18.2 Å². The molecule has 1 fully saturated rings. The van der Waals surface area contributed by atoms with Crippen LogP contribution in [0.5, 0.6) is 0 Å². The summed E-state index contributed by atoms with van der Waals surface area (Å²) in [5.41, 5.74) is 6.46. The van der Waals surface area contributed by atoms with Crippen molar-refractivity contribution in [3.8, 4) is 0 Å². The zero-order valence-electron chi connectivity index (χ0n) is 17.0. The smallest absolute Gasteiger partial charge is 0.271 e. The van der Waals surface area contributed by atoms with E-state index in [1.165, 1.54) is 10.6 Å². The number of amides is 2. The van der Waals surface area contributed by atoms with E-state index in [0.29, 0.717) is 18.8 Å². The van der Waals surface area contributed by atoms with Gasteiger partial charge in [-0.15, -0.1) is 0 Å². The van der Waals surface area contributed by atoms with Crippen LogP contribution >= 0.6 is 11.6 Å². The quantitative estimate of drug-likeness (QED) is 0.819. The summed E-state index contributed by atoms with van der Waals surface area (Å²) >= 11 is 5.96. The van der Waals surface area contributed by atoms with Gasteiger partial charge in [-0.25, -0.2) is 5.01 Å². The normalized spacial score (nSPS) is 17.5. The average Bonchev–Trinajstić information content (AvgIpc) is 2.76. The van der Waals surface area contributed by atoms with Crippen molar-refractivity contribution in [1.29, 1.82) is 0 Å². The minimum absolute atomic E-state index is 0.0628. The zero-order chi connectivity index (χ0) is 21.1. The van der Waals surface area contributed by atoms with Gasteiger partial charge in [-0.2, -0.15) is 0 Å². The largest absolute Gasteiger partial charge is 0.335 e. The Bertz CT molecular complexity index is 965. The summed E-state index contributed by atoms with van der Waals surface area (Å²) < 4.78 is 0.